The van der Waals surface area contributed by atoms with Gasteiger partial charge in [0.2, 0.25) is 5.91 Å². The SMILES string of the molecule is NC(=O)c1cc(-c2cccnc2C(Cc2cc(F)cc(F)c2)NC(=O)CC2=CCNc3ccccc32)ccc1F. The molecule has 1 aliphatic heterocycles. The molecule has 1 aliphatic rings. The van der Waals surface area contributed by atoms with Crippen molar-refractivity contribution in [2.24, 2.45) is 5.73 Å². The predicted molar refractivity (Wildman–Crippen MR) is 147 cm³/mol. The summed E-state index contributed by atoms with van der Waals surface area (Å²) in [6.07, 6.45) is 3.55. The maximum atomic E-state index is 14.2. The minimum absolute atomic E-state index is 0.0193. The van der Waals surface area contributed by atoms with E-state index in [0.717, 1.165) is 29.0 Å². The Bertz CT molecular complexity index is 1620. The van der Waals surface area contributed by atoms with Gasteiger partial charge in [0, 0.05) is 35.6 Å². The number of halogens is 3. The van der Waals surface area contributed by atoms with Crippen molar-refractivity contribution in [3.05, 3.63) is 125 Å². The van der Waals surface area contributed by atoms with E-state index >= 15 is 0 Å². The monoisotopic (exact) mass is 542 g/mol. The van der Waals surface area contributed by atoms with E-state index in [1.807, 2.05) is 30.3 Å². The number of anilines is 1. The molecule has 0 saturated heterocycles. The minimum Gasteiger partial charge on any atom is -0.381 e. The van der Waals surface area contributed by atoms with Crippen LogP contribution in [0.5, 0.6) is 0 Å². The van der Waals surface area contributed by atoms with Gasteiger partial charge >= 0.3 is 0 Å². The van der Waals surface area contributed by atoms with Crippen LogP contribution in [0.25, 0.3) is 16.7 Å². The highest BCUT2D eigenvalue weighted by Gasteiger charge is 2.24. The molecular formula is C31H25F3N4O2. The molecule has 0 fully saturated rings. The Hall–Kier alpha value is -4.92. The molecule has 2 amide bonds. The third-order valence-electron chi connectivity index (χ3n) is 6.67. The summed E-state index contributed by atoms with van der Waals surface area (Å²) in [7, 11) is 0. The Morgan fingerprint density at radius 2 is 1.70 bits per heavy atom. The van der Waals surface area contributed by atoms with Gasteiger partial charge in [-0.1, -0.05) is 36.4 Å². The topological polar surface area (TPSA) is 97.1 Å². The van der Waals surface area contributed by atoms with Crippen molar-refractivity contribution in [3.63, 3.8) is 0 Å². The molecule has 4 aromatic rings. The van der Waals surface area contributed by atoms with E-state index in [-0.39, 0.29) is 24.3 Å². The molecule has 3 aromatic carbocycles. The molecule has 2 heterocycles. The third kappa shape index (κ3) is 5.88. The van der Waals surface area contributed by atoms with Crippen LogP contribution in [-0.4, -0.2) is 23.3 Å². The number of rotatable bonds is 8. The van der Waals surface area contributed by atoms with Gasteiger partial charge in [-0.25, -0.2) is 13.2 Å². The zero-order chi connectivity index (χ0) is 28.2. The fourth-order valence-electron chi connectivity index (χ4n) is 4.90. The summed E-state index contributed by atoms with van der Waals surface area (Å²) in [5.41, 5.74) is 9.36. The van der Waals surface area contributed by atoms with Gasteiger partial charge in [-0.05, 0) is 59.5 Å². The van der Waals surface area contributed by atoms with Crippen LogP contribution < -0.4 is 16.4 Å². The van der Waals surface area contributed by atoms with Gasteiger partial charge in [-0.3, -0.25) is 14.6 Å². The minimum atomic E-state index is -0.930. The summed E-state index contributed by atoms with van der Waals surface area (Å²) in [5.74, 6) is -3.51. The normalized spacial score (nSPS) is 13.0. The van der Waals surface area contributed by atoms with Gasteiger partial charge in [0.05, 0.1) is 23.7 Å². The number of nitrogens with two attached hydrogens (primary N) is 1. The van der Waals surface area contributed by atoms with Gasteiger partial charge in [-0.2, -0.15) is 0 Å². The fraction of sp³-hybridized carbons (Fsp3) is 0.129. The van der Waals surface area contributed by atoms with Crippen LogP contribution in [0.2, 0.25) is 0 Å². The van der Waals surface area contributed by atoms with E-state index in [9.17, 15) is 22.8 Å². The van der Waals surface area contributed by atoms with E-state index < -0.39 is 29.4 Å². The Morgan fingerprint density at radius 3 is 2.48 bits per heavy atom. The summed E-state index contributed by atoms with van der Waals surface area (Å²) in [5, 5.41) is 6.25. The molecule has 0 aliphatic carbocycles. The molecule has 4 N–H and O–H groups in total. The molecule has 1 unspecified atom stereocenters. The second-order valence-corrected chi connectivity index (χ2v) is 9.43. The first-order chi connectivity index (χ1) is 19.3. The largest absolute Gasteiger partial charge is 0.381 e. The van der Waals surface area contributed by atoms with Crippen LogP contribution >= 0.6 is 0 Å². The highest BCUT2D eigenvalue weighted by atomic mass is 19.1. The molecule has 6 nitrogen and oxygen atoms in total. The van der Waals surface area contributed by atoms with Crippen molar-refractivity contribution >= 4 is 23.1 Å². The summed E-state index contributed by atoms with van der Waals surface area (Å²) in [4.78, 5) is 29.7. The molecule has 5 rings (SSSR count). The molecular weight excluding hydrogens is 517 g/mol. The second kappa shape index (κ2) is 11.4. The zero-order valence-electron chi connectivity index (χ0n) is 21.3. The molecule has 1 atom stereocenters. The Balaban J connectivity index is 1.51. The first kappa shape index (κ1) is 26.7. The van der Waals surface area contributed by atoms with Crippen LogP contribution in [0.3, 0.4) is 0 Å². The van der Waals surface area contributed by atoms with E-state index in [4.69, 9.17) is 5.73 Å². The van der Waals surface area contributed by atoms with E-state index in [0.29, 0.717) is 28.9 Å². The molecule has 1 aromatic heterocycles. The zero-order valence-corrected chi connectivity index (χ0v) is 21.3. The van der Waals surface area contributed by atoms with Gasteiger partial charge in [0.25, 0.3) is 5.91 Å². The Kier molecular flexibility index (Phi) is 7.63. The molecule has 40 heavy (non-hydrogen) atoms. The number of hydrogen-bond donors (Lipinski definition) is 3. The van der Waals surface area contributed by atoms with Crippen molar-refractivity contribution < 1.29 is 22.8 Å². The molecule has 0 bridgehead atoms. The number of benzene rings is 3. The second-order valence-electron chi connectivity index (χ2n) is 9.43. The lowest BCUT2D eigenvalue weighted by Gasteiger charge is -2.23. The summed E-state index contributed by atoms with van der Waals surface area (Å²) >= 11 is 0. The van der Waals surface area contributed by atoms with E-state index in [2.05, 4.69) is 15.6 Å². The number of amides is 2. The summed E-state index contributed by atoms with van der Waals surface area (Å²) < 4.78 is 42.3. The van der Waals surface area contributed by atoms with Crippen LogP contribution in [0, 0.1) is 17.5 Å². The average Bonchev–Trinajstić information content (AvgIpc) is 2.92. The van der Waals surface area contributed by atoms with Crippen molar-refractivity contribution in [2.45, 2.75) is 18.9 Å². The van der Waals surface area contributed by atoms with Crippen molar-refractivity contribution in [1.29, 1.82) is 0 Å². The third-order valence-corrected chi connectivity index (χ3v) is 6.67. The standard InChI is InChI=1S/C31H25F3N4O2/c32-21-12-18(13-22(33)17-21)14-28(38-29(39)16-20-9-11-36-27-6-2-1-4-23(20)27)30-24(5-3-10-37-30)19-7-8-26(34)25(15-19)31(35)40/h1-10,12-13,15,17,28,36H,11,14,16H2,(H2,35,40)(H,38,39). The number of hydrogen-bond acceptors (Lipinski definition) is 4. The van der Waals surface area contributed by atoms with Crippen LogP contribution in [-0.2, 0) is 11.2 Å². The van der Waals surface area contributed by atoms with E-state index in [1.165, 1.54) is 30.5 Å². The van der Waals surface area contributed by atoms with E-state index in [1.54, 1.807) is 12.1 Å². The van der Waals surface area contributed by atoms with Gasteiger partial charge in [0.1, 0.15) is 17.5 Å². The first-order valence-electron chi connectivity index (χ1n) is 12.6. The van der Waals surface area contributed by atoms with Crippen molar-refractivity contribution in [2.75, 3.05) is 11.9 Å². The highest BCUT2D eigenvalue weighted by molar-refractivity contribution is 5.95. The van der Waals surface area contributed by atoms with Gasteiger partial charge in [0.15, 0.2) is 0 Å². The molecule has 0 saturated carbocycles. The van der Waals surface area contributed by atoms with Gasteiger partial charge < -0.3 is 16.4 Å². The lowest BCUT2D eigenvalue weighted by atomic mass is 9.93. The lowest BCUT2D eigenvalue weighted by Crippen LogP contribution is -2.31. The first-order valence-corrected chi connectivity index (χ1v) is 12.6. The number of nitrogens with one attached hydrogen (secondary N) is 2. The summed E-state index contributed by atoms with van der Waals surface area (Å²) in [6, 6.07) is 17.3. The molecule has 0 radical (unpaired) electrons. The maximum absolute atomic E-state index is 14.2. The smallest absolute Gasteiger partial charge is 0.251 e. The van der Waals surface area contributed by atoms with Crippen molar-refractivity contribution in [1.82, 2.24) is 10.3 Å². The Morgan fingerprint density at radius 1 is 0.950 bits per heavy atom. The number of carbonyl (C=O) groups excluding carboxylic acids is 2. The molecule has 0 spiro atoms. The average molecular weight is 543 g/mol. The van der Waals surface area contributed by atoms with Crippen LogP contribution in [0.4, 0.5) is 18.9 Å². The summed E-state index contributed by atoms with van der Waals surface area (Å²) in [6.45, 7) is 0.572. The highest BCUT2D eigenvalue weighted by Crippen LogP contribution is 2.32. The number of aromatic nitrogens is 1. The number of carbonyl (C=O) groups is 2. The number of primary amides is 1. The maximum Gasteiger partial charge on any atom is 0.251 e. The molecule has 202 valence electrons. The number of para-hydroxylation sites is 1. The quantitative estimate of drug-likeness (QED) is 0.272. The predicted octanol–water partition coefficient (Wildman–Crippen LogP) is 5.56. The number of nitrogens with zero attached hydrogens (tertiary/aromatic N) is 1. The fourth-order valence-corrected chi connectivity index (χ4v) is 4.90. The number of pyridine rings is 1. The van der Waals surface area contributed by atoms with Gasteiger partial charge in [-0.15, -0.1) is 0 Å². The van der Waals surface area contributed by atoms with Crippen LogP contribution in [0.1, 0.15) is 39.6 Å². The molecule has 9 heteroatoms. The Labute approximate surface area is 228 Å². The lowest BCUT2D eigenvalue weighted by molar-refractivity contribution is -0.120. The van der Waals surface area contributed by atoms with Crippen molar-refractivity contribution in [3.8, 4) is 11.1 Å². The number of fused-ring (bicyclic) bond motifs is 1. The van der Waals surface area contributed by atoms with Crippen LogP contribution in [0.15, 0.2) is 85.1 Å².